The van der Waals surface area contributed by atoms with E-state index in [-0.39, 0.29) is 34.4 Å². The number of hydrogen-bond acceptors (Lipinski definition) is 8. The minimum absolute atomic E-state index is 0.162. The van der Waals surface area contributed by atoms with Crippen LogP contribution in [0.25, 0.3) is 0 Å². The van der Waals surface area contributed by atoms with Crippen LogP contribution in [0.3, 0.4) is 0 Å². The van der Waals surface area contributed by atoms with Crippen LogP contribution < -0.4 is 21.1 Å². The standard InChI is InChI=1S/C33H40ClN7O3/c1-38-20-25(17-26(21-38)36-29-18-35-39(2)33(44)31(29)34)23-5-3-22(4-6-23)19-40-13-15-41(16-14-40)27-9-7-24(8-10-27)28-11-12-30(42)37-32(28)43/h3-10,18,25-26,28,36H,11-17,19-21H2,1-2H3,(H,37,42,43)/t25-,26+,28?/m0/s1. The number of nitrogens with zero attached hydrogens (tertiary/aromatic N) is 5. The number of likely N-dealkylation sites (tertiary alicyclic amines) is 1. The number of nitrogens with one attached hydrogen (secondary N) is 2. The highest BCUT2D eigenvalue weighted by Gasteiger charge is 2.29. The molecule has 3 aromatic rings. The second-order valence-electron chi connectivity index (χ2n) is 12.4. The maximum absolute atomic E-state index is 12.2. The Morgan fingerprint density at radius 3 is 2.34 bits per heavy atom. The maximum Gasteiger partial charge on any atom is 0.287 e. The van der Waals surface area contributed by atoms with Crippen molar-refractivity contribution in [3.05, 3.63) is 86.8 Å². The summed E-state index contributed by atoms with van der Waals surface area (Å²) >= 11 is 6.31. The molecule has 0 saturated carbocycles. The largest absolute Gasteiger partial charge is 0.378 e. The summed E-state index contributed by atoms with van der Waals surface area (Å²) in [5, 5.41) is 10.2. The summed E-state index contributed by atoms with van der Waals surface area (Å²) in [6, 6.07) is 17.5. The lowest BCUT2D eigenvalue weighted by molar-refractivity contribution is -0.134. The first-order valence-electron chi connectivity index (χ1n) is 15.4. The van der Waals surface area contributed by atoms with Gasteiger partial charge in [0.1, 0.15) is 5.02 Å². The van der Waals surface area contributed by atoms with Crippen molar-refractivity contribution >= 4 is 34.8 Å². The Labute approximate surface area is 263 Å². The zero-order chi connectivity index (χ0) is 30.8. The quantitative estimate of drug-likeness (QED) is 0.390. The van der Waals surface area contributed by atoms with Crippen LogP contribution in [0.2, 0.25) is 5.02 Å². The van der Waals surface area contributed by atoms with Crippen molar-refractivity contribution in [1.82, 2.24) is 24.9 Å². The van der Waals surface area contributed by atoms with Crippen LogP contribution >= 0.6 is 11.6 Å². The summed E-state index contributed by atoms with van der Waals surface area (Å²) in [6.07, 6.45) is 3.54. The molecular formula is C33H40ClN7O3. The third kappa shape index (κ3) is 6.82. The third-order valence-corrected chi connectivity index (χ3v) is 9.57. The number of piperazine rings is 1. The minimum Gasteiger partial charge on any atom is -0.378 e. The third-order valence-electron chi connectivity index (χ3n) is 9.20. The summed E-state index contributed by atoms with van der Waals surface area (Å²) in [4.78, 5) is 43.1. The van der Waals surface area contributed by atoms with Crippen molar-refractivity contribution in [1.29, 1.82) is 0 Å². The topological polar surface area (TPSA) is 103 Å². The van der Waals surface area contributed by atoms with Crippen LogP contribution in [0.5, 0.6) is 0 Å². The molecule has 2 aromatic carbocycles. The average Bonchev–Trinajstić information content (AvgIpc) is 3.02. The van der Waals surface area contributed by atoms with E-state index in [4.69, 9.17) is 11.6 Å². The molecule has 0 spiro atoms. The first-order valence-corrected chi connectivity index (χ1v) is 15.8. The van der Waals surface area contributed by atoms with Crippen LogP contribution in [0.1, 0.15) is 47.8 Å². The van der Waals surface area contributed by atoms with Crippen LogP contribution in [0, 0.1) is 0 Å². The molecule has 3 fully saturated rings. The zero-order valence-electron chi connectivity index (χ0n) is 25.3. The Morgan fingerprint density at radius 2 is 1.64 bits per heavy atom. The number of hydrogen-bond donors (Lipinski definition) is 2. The summed E-state index contributed by atoms with van der Waals surface area (Å²) in [5.41, 5.74) is 5.07. The molecule has 0 radical (unpaired) electrons. The summed E-state index contributed by atoms with van der Waals surface area (Å²) < 4.78 is 1.25. The van der Waals surface area contributed by atoms with E-state index in [0.717, 1.165) is 57.8 Å². The van der Waals surface area contributed by atoms with Gasteiger partial charge in [-0.25, -0.2) is 4.68 Å². The summed E-state index contributed by atoms with van der Waals surface area (Å²) in [7, 11) is 3.73. The monoisotopic (exact) mass is 617 g/mol. The van der Waals surface area contributed by atoms with E-state index in [9.17, 15) is 14.4 Å². The number of aryl methyl sites for hydroxylation is 1. The predicted octanol–water partition coefficient (Wildman–Crippen LogP) is 3.18. The molecule has 11 heteroatoms. The van der Waals surface area contributed by atoms with Crippen LogP contribution in [0.15, 0.2) is 59.5 Å². The second-order valence-corrected chi connectivity index (χ2v) is 12.8. The van der Waals surface area contributed by atoms with Crippen molar-refractivity contribution < 1.29 is 9.59 Å². The summed E-state index contributed by atoms with van der Waals surface area (Å²) in [6.45, 7) is 6.64. The van der Waals surface area contributed by atoms with Crippen molar-refractivity contribution in [2.45, 2.75) is 43.7 Å². The van der Waals surface area contributed by atoms with E-state index in [0.29, 0.717) is 24.4 Å². The molecule has 4 heterocycles. The van der Waals surface area contributed by atoms with E-state index in [1.807, 2.05) is 12.1 Å². The molecule has 1 aromatic heterocycles. The predicted molar refractivity (Wildman–Crippen MR) is 172 cm³/mol. The number of carbonyl (C=O) groups excluding carboxylic acids is 2. The Kier molecular flexibility index (Phi) is 9.02. The second kappa shape index (κ2) is 13.1. The number of halogens is 1. The maximum atomic E-state index is 12.2. The summed E-state index contributed by atoms with van der Waals surface area (Å²) in [5.74, 6) is -0.240. The number of anilines is 2. The Balaban J connectivity index is 1.00. The molecule has 6 rings (SSSR count). The number of piperidine rings is 2. The van der Waals surface area contributed by atoms with Gasteiger partial charge in [0.25, 0.3) is 5.56 Å². The van der Waals surface area contributed by atoms with Gasteiger partial charge in [-0.05, 0) is 54.6 Å². The van der Waals surface area contributed by atoms with Crippen molar-refractivity contribution in [3.63, 3.8) is 0 Å². The molecule has 3 aliphatic rings. The van der Waals surface area contributed by atoms with Gasteiger partial charge in [-0.15, -0.1) is 0 Å². The molecule has 2 amide bonds. The molecule has 10 nitrogen and oxygen atoms in total. The van der Waals surface area contributed by atoms with Gasteiger partial charge >= 0.3 is 0 Å². The van der Waals surface area contributed by atoms with E-state index in [1.54, 1.807) is 13.2 Å². The van der Waals surface area contributed by atoms with E-state index < -0.39 is 0 Å². The fourth-order valence-corrected chi connectivity index (χ4v) is 6.97. The Hall–Kier alpha value is -3.73. The zero-order valence-corrected chi connectivity index (χ0v) is 26.1. The highest BCUT2D eigenvalue weighted by atomic mass is 35.5. The average molecular weight is 618 g/mol. The van der Waals surface area contributed by atoms with Gasteiger partial charge in [0.2, 0.25) is 11.8 Å². The van der Waals surface area contributed by atoms with Gasteiger partial charge in [-0.1, -0.05) is 48.0 Å². The smallest absolute Gasteiger partial charge is 0.287 e. The first-order chi connectivity index (χ1) is 21.2. The highest BCUT2D eigenvalue weighted by molar-refractivity contribution is 6.32. The van der Waals surface area contributed by atoms with E-state index in [1.165, 1.54) is 21.5 Å². The van der Waals surface area contributed by atoms with Crippen LogP contribution in [-0.2, 0) is 23.2 Å². The number of aromatic nitrogens is 2. The molecule has 232 valence electrons. The lowest BCUT2D eigenvalue weighted by Gasteiger charge is -2.37. The molecule has 0 aliphatic carbocycles. The van der Waals surface area contributed by atoms with Crippen molar-refractivity contribution in [3.8, 4) is 0 Å². The van der Waals surface area contributed by atoms with Gasteiger partial charge in [-0.2, -0.15) is 5.10 Å². The van der Waals surface area contributed by atoms with E-state index >= 15 is 0 Å². The molecule has 1 unspecified atom stereocenters. The number of likely N-dealkylation sites (N-methyl/N-ethyl adjacent to an activating group) is 1. The van der Waals surface area contributed by atoms with Crippen molar-refractivity contribution in [2.24, 2.45) is 7.05 Å². The lowest BCUT2D eigenvalue weighted by Crippen LogP contribution is -2.46. The number of benzene rings is 2. The number of imide groups is 1. The van der Waals surface area contributed by atoms with Crippen LogP contribution in [-0.4, -0.2) is 83.8 Å². The molecule has 3 aliphatic heterocycles. The van der Waals surface area contributed by atoms with Gasteiger partial charge in [0.05, 0.1) is 17.8 Å². The van der Waals surface area contributed by atoms with E-state index in [2.05, 4.69) is 73.9 Å². The van der Waals surface area contributed by atoms with Crippen molar-refractivity contribution in [2.75, 3.05) is 56.5 Å². The Bertz CT molecular complexity index is 1550. The number of carbonyl (C=O) groups is 2. The molecule has 3 saturated heterocycles. The normalized spacial score (nSPS) is 23.4. The number of amides is 2. The first kappa shape index (κ1) is 30.3. The Morgan fingerprint density at radius 1 is 0.932 bits per heavy atom. The molecule has 3 atom stereocenters. The highest BCUT2D eigenvalue weighted by Crippen LogP contribution is 2.30. The molecular weight excluding hydrogens is 578 g/mol. The minimum atomic E-state index is -0.296. The number of rotatable bonds is 7. The molecule has 2 N–H and O–H groups in total. The SMILES string of the molecule is CN1C[C@H](Nc2cnn(C)c(=O)c2Cl)C[C@H](c2ccc(CN3CCN(c4ccc(C5CCC(=O)NC5=O)cc4)CC3)cc2)C1. The van der Waals surface area contributed by atoms with Gasteiger partial charge < -0.3 is 15.1 Å². The van der Waals surface area contributed by atoms with Gasteiger partial charge in [-0.3, -0.25) is 24.6 Å². The molecule has 0 bridgehead atoms. The van der Waals surface area contributed by atoms with Gasteiger partial charge in [0.15, 0.2) is 0 Å². The molecule has 44 heavy (non-hydrogen) atoms. The van der Waals surface area contributed by atoms with Crippen LogP contribution in [0.4, 0.5) is 11.4 Å². The van der Waals surface area contributed by atoms with Gasteiger partial charge in [0, 0.05) is 71.0 Å². The lowest BCUT2D eigenvalue weighted by atomic mass is 9.87. The fraction of sp³-hybridized carbons (Fsp3) is 0.455. The fourth-order valence-electron chi connectivity index (χ4n) is 6.74.